The molecule has 0 saturated heterocycles. The van der Waals surface area contributed by atoms with Crippen LogP contribution in [0.15, 0.2) is 23.4 Å². The molecule has 1 aromatic carbocycles. The summed E-state index contributed by atoms with van der Waals surface area (Å²) in [5, 5.41) is 1.70. The monoisotopic (exact) mass is 241 g/mol. The second-order valence-corrected chi connectivity index (χ2v) is 4.72. The molecule has 3 nitrogen and oxygen atoms in total. The number of imidazole rings is 1. The fourth-order valence-electron chi connectivity index (χ4n) is 1.43. The van der Waals surface area contributed by atoms with E-state index in [1.165, 1.54) is 0 Å². The van der Waals surface area contributed by atoms with Crippen molar-refractivity contribution < 1.29 is 0 Å². The molecule has 0 spiro atoms. The lowest BCUT2D eigenvalue weighted by molar-refractivity contribution is 0.814. The van der Waals surface area contributed by atoms with Crippen LogP contribution in [0.2, 0.25) is 5.02 Å². The van der Waals surface area contributed by atoms with Crippen molar-refractivity contribution in [3.8, 4) is 0 Å². The molecule has 2 aromatic rings. The lowest BCUT2D eigenvalue weighted by atomic mass is 10.3. The number of aromatic nitrogens is 2. The number of benzene rings is 1. The molecule has 0 bridgehead atoms. The zero-order valence-electron chi connectivity index (χ0n) is 8.40. The van der Waals surface area contributed by atoms with Gasteiger partial charge in [0.1, 0.15) is 0 Å². The van der Waals surface area contributed by atoms with Crippen LogP contribution in [0, 0.1) is 0 Å². The topological polar surface area (TPSA) is 43.8 Å². The molecule has 0 aliphatic rings. The Morgan fingerprint density at radius 3 is 3.07 bits per heavy atom. The first-order chi connectivity index (χ1) is 7.22. The average molecular weight is 242 g/mol. The van der Waals surface area contributed by atoms with Gasteiger partial charge in [0.25, 0.3) is 0 Å². The zero-order valence-corrected chi connectivity index (χ0v) is 9.98. The summed E-state index contributed by atoms with van der Waals surface area (Å²) < 4.78 is 2.06. The van der Waals surface area contributed by atoms with Gasteiger partial charge < -0.3 is 10.3 Å². The number of fused-ring (bicyclic) bond motifs is 1. The van der Waals surface area contributed by atoms with Crippen molar-refractivity contribution >= 4 is 34.4 Å². The van der Waals surface area contributed by atoms with E-state index in [-0.39, 0.29) is 0 Å². The maximum atomic E-state index is 5.91. The number of rotatable bonds is 3. The first-order valence-electron chi connectivity index (χ1n) is 4.67. The summed E-state index contributed by atoms with van der Waals surface area (Å²) in [5.74, 6) is 0.880. The third-order valence-electron chi connectivity index (χ3n) is 2.15. The van der Waals surface area contributed by atoms with Gasteiger partial charge >= 0.3 is 0 Å². The first kappa shape index (κ1) is 10.8. The second-order valence-electron chi connectivity index (χ2n) is 3.22. The molecule has 2 rings (SSSR count). The molecular formula is C10H12ClN3S. The number of nitrogens with zero attached hydrogens (tertiary/aromatic N) is 2. The van der Waals surface area contributed by atoms with Gasteiger partial charge in [-0.15, -0.1) is 0 Å². The van der Waals surface area contributed by atoms with E-state index >= 15 is 0 Å². The normalized spacial score (nSPS) is 11.1. The minimum Gasteiger partial charge on any atom is -0.330 e. The SMILES string of the molecule is Cn1c(SCCN)nc2cc(Cl)ccc21. The summed E-state index contributed by atoms with van der Waals surface area (Å²) in [6.45, 7) is 0.661. The lowest BCUT2D eigenvalue weighted by Gasteiger charge is -1.99. The van der Waals surface area contributed by atoms with Crippen LogP contribution < -0.4 is 5.73 Å². The van der Waals surface area contributed by atoms with Crippen molar-refractivity contribution in [2.45, 2.75) is 5.16 Å². The molecule has 80 valence electrons. The van der Waals surface area contributed by atoms with Crippen molar-refractivity contribution in [2.24, 2.45) is 12.8 Å². The van der Waals surface area contributed by atoms with Crippen LogP contribution >= 0.6 is 23.4 Å². The largest absolute Gasteiger partial charge is 0.330 e. The Balaban J connectivity index is 2.44. The molecule has 0 amide bonds. The van der Waals surface area contributed by atoms with E-state index in [0.717, 1.165) is 27.0 Å². The predicted molar refractivity (Wildman–Crippen MR) is 65.5 cm³/mol. The Kier molecular flexibility index (Phi) is 3.19. The van der Waals surface area contributed by atoms with Crippen molar-refractivity contribution in [1.29, 1.82) is 0 Å². The second kappa shape index (κ2) is 4.43. The molecule has 2 N–H and O–H groups in total. The Bertz CT molecular complexity index is 481. The fraction of sp³-hybridized carbons (Fsp3) is 0.300. The minimum absolute atomic E-state index is 0.661. The van der Waals surface area contributed by atoms with E-state index in [1.54, 1.807) is 11.8 Å². The maximum absolute atomic E-state index is 5.91. The Morgan fingerprint density at radius 2 is 2.33 bits per heavy atom. The summed E-state index contributed by atoms with van der Waals surface area (Å²) in [4.78, 5) is 4.50. The van der Waals surface area contributed by atoms with E-state index in [9.17, 15) is 0 Å². The number of hydrogen-bond acceptors (Lipinski definition) is 3. The van der Waals surface area contributed by atoms with Crippen molar-refractivity contribution in [3.05, 3.63) is 23.2 Å². The number of hydrogen-bond donors (Lipinski definition) is 1. The highest BCUT2D eigenvalue weighted by molar-refractivity contribution is 7.99. The number of aryl methyl sites for hydroxylation is 1. The lowest BCUT2D eigenvalue weighted by Crippen LogP contribution is -2.02. The number of halogens is 1. The molecule has 0 fully saturated rings. The van der Waals surface area contributed by atoms with Crippen molar-refractivity contribution in [2.75, 3.05) is 12.3 Å². The molecule has 1 aromatic heterocycles. The van der Waals surface area contributed by atoms with Crippen LogP contribution in [0.1, 0.15) is 0 Å². The quantitative estimate of drug-likeness (QED) is 0.839. The standard InChI is InChI=1S/C10H12ClN3S/c1-14-9-3-2-7(11)6-8(9)13-10(14)15-5-4-12/h2-3,6H,4-5,12H2,1H3. The van der Waals surface area contributed by atoms with Crippen LogP contribution in [0.4, 0.5) is 0 Å². The van der Waals surface area contributed by atoms with Crippen LogP contribution in [0.5, 0.6) is 0 Å². The third kappa shape index (κ3) is 2.12. The number of thioether (sulfide) groups is 1. The molecule has 0 atom stereocenters. The van der Waals surface area contributed by atoms with Crippen LogP contribution in [-0.4, -0.2) is 21.8 Å². The molecule has 0 aliphatic carbocycles. The Labute approximate surface area is 97.6 Å². The van der Waals surface area contributed by atoms with Gasteiger partial charge in [0.05, 0.1) is 11.0 Å². The highest BCUT2D eigenvalue weighted by Gasteiger charge is 2.07. The number of nitrogens with two attached hydrogens (primary N) is 1. The smallest absolute Gasteiger partial charge is 0.168 e. The zero-order chi connectivity index (χ0) is 10.8. The van der Waals surface area contributed by atoms with Gasteiger partial charge in [0, 0.05) is 24.4 Å². The summed E-state index contributed by atoms with van der Waals surface area (Å²) in [5.41, 5.74) is 7.50. The fourth-order valence-corrected chi connectivity index (χ4v) is 2.35. The highest BCUT2D eigenvalue weighted by atomic mass is 35.5. The van der Waals surface area contributed by atoms with Gasteiger partial charge in [-0.1, -0.05) is 23.4 Å². The first-order valence-corrected chi connectivity index (χ1v) is 6.03. The highest BCUT2D eigenvalue weighted by Crippen LogP contribution is 2.24. The average Bonchev–Trinajstić information content (AvgIpc) is 2.52. The Hall–Kier alpha value is -0.710. The third-order valence-corrected chi connectivity index (χ3v) is 3.45. The van der Waals surface area contributed by atoms with Crippen molar-refractivity contribution in [3.63, 3.8) is 0 Å². The molecular weight excluding hydrogens is 230 g/mol. The van der Waals surface area contributed by atoms with E-state index in [0.29, 0.717) is 6.54 Å². The van der Waals surface area contributed by atoms with Crippen LogP contribution in [-0.2, 0) is 7.05 Å². The van der Waals surface area contributed by atoms with Crippen LogP contribution in [0.25, 0.3) is 11.0 Å². The van der Waals surface area contributed by atoms with Crippen molar-refractivity contribution in [1.82, 2.24) is 9.55 Å². The minimum atomic E-state index is 0.661. The summed E-state index contributed by atoms with van der Waals surface area (Å²) in [7, 11) is 2.00. The summed E-state index contributed by atoms with van der Waals surface area (Å²) in [6.07, 6.45) is 0. The molecule has 0 radical (unpaired) electrons. The molecule has 5 heteroatoms. The molecule has 0 aliphatic heterocycles. The maximum Gasteiger partial charge on any atom is 0.168 e. The van der Waals surface area contributed by atoms with E-state index in [1.807, 2.05) is 25.2 Å². The van der Waals surface area contributed by atoms with E-state index < -0.39 is 0 Å². The molecule has 1 heterocycles. The van der Waals surface area contributed by atoms with Crippen LogP contribution in [0.3, 0.4) is 0 Å². The predicted octanol–water partition coefficient (Wildman–Crippen LogP) is 2.28. The van der Waals surface area contributed by atoms with Gasteiger partial charge in [-0.2, -0.15) is 0 Å². The molecule has 0 unspecified atom stereocenters. The van der Waals surface area contributed by atoms with Gasteiger partial charge in [0.2, 0.25) is 0 Å². The van der Waals surface area contributed by atoms with E-state index in [4.69, 9.17) is 17.3 Å². The van der Waals surface area contributed by atoms with E-state index in [2.05, 4.69) is 9.55 Å². The van der Waals surface area contributed by atoms with Gasteiger partial charge in [-0.05, 0) is 18.2 Å². The Morgan fingerprint density at radius 1 is 1.53 bits per heavy atom. The van der Waals surface area contributed by atoms with Gasteiger partial charge in [-0.3, -0.25) is 0 Å². The molecule has 0 saturated carbocycles. The molecule has 15 heavy (non-hydrogen) atoms. The summed E-state index contributed by atoms with van der Waals surface area (Å²) in [6, 6.07) is 5.74. The van der Waals surface area contributed by atoms with Gasteiger partial charge in [-0.25, -0.2) is 4.98 Å². The van der Waals surface area contributed by atoms with Gasteiger partial charge in [0.15, 0.2) is 5.16 Å². The summed E-state index contributed by atoms with van der Waals surface area (Å²) >= 11 is 7.57.